The third kappa shape index (κ3) is 4.54. The Labute approximate surface area is 185 Å². The maximum atomic E-state index is 13.5. The first-order chi connectivity index (χ1) is 14.5. The predicted molar refractivity (Wildman–Crippen MR) is 120 cm³/mol. The third-order valence-electron chi connectivity index (χ3n) is 8.26. The van der Waals surface area contributed by atoms with Crippen molar-refractivity contribution < 1.29 is 9.35 Å². The van der Waals surface area contributed by atoms with Crippen LogP contribution in [0.1, 0.15) is 90.4 Å². The number of carbonyl (C=O) groups is 1. The fraction of sp³-hybridized carbons (Fsp3) is 0.917. The molecule has 4 atom stereocenters. The van der Waals surface area contributed by atoms with Gasteiger partial charge in [-0.25, -0.2) is 0 Å². The fourth-order valence-electron chi connectivity index (χ4n) is 7.27. The summed E-state index contributed by atoms with van der Waals surface area (Å²) < 4.78 is 13.5. The molecule has 0 aromatic carbocycles. The molecule has 5 aliphatic rings. The van der Waals surface area contributed by atoms with Gasteiger partial charge in [-0.1, -0.05) is 26.2 Å². The molecular formula is C24H39N3O2S. The van der Waals surface area contributed by atoms with Gasteiger partial charge in [0.1, 0.15) is 16.5 Å². The quantitative estimate of drug-likeness (QED) is 0.419. The summed E-state index contributed by atoms with van der Waals surface area (Å²) in [7, 11) is 0. The average molecular weight is 434 g/mol. The minimum Gasteiger partial charge on any atom is -0.616 e. The van der Waals surface area contributed by atoms with Crippen LogP contribution in [0.15, 0.2) is 0 Å². The maximum absolute atomic E-state index is 13.5. The highest BCUT2D eigenvalue weighted by molar-refractivity contribution is 7.92. The first-order valence-corrected chi connectivity index (χ1v) is 13.6. The van der Waals surface area contributed by atoms with Gasteiger partial charge in [-0.05, 0) is 68.0 Å². The minimum atomic E-state index is -0.758. The predicted octanol–water partition coefficient (Wildman–Crippen LogP) is 3.90. The van der Waals surface area contributed by atoms with Gasteiger partial charge in [-0.2, -0.15) is 5.26 Å². The normalized spacial score (nSPS) is 38.0. The molecule has 168 valence electrons. The molecule has 1 aliphatic heterocycles. The van der Waals surface area contributed by atoms with Gasteiger partial charge in [0.2, 0.25) is 5.91 Å². The molecule has 30 heavy (non-hydrogen) atoms. The molecule has 0 radical (unpaired) electrons. The van der Waals surface area contributed by atoms with E-state index in [0.717, 1.165) is 57.1 Å². The smallest absolute Gasteiger partial charge is 0.237 e. The van der Waals surface area contributed by atoms with Crippen molar-refractivity contribution in [3.63, 3.8) is 0 Å². The van der Waals surface area contributed by atoms with E-state index in [0.29, 0.717) is 24.9 Å². The molecular weight excluding hydrogens is 394 g/mol. The summed E-state index contributed by atoms with van der Waals surface area (Å²) in [6, 6.07) is 2.03. The van der Waals surface area contributed by atoms with Crippen LogP contribution in [-0.4, -0.2) is 50.5 Å². The second kappa shape index (κ2) is 9.38. The molecule has 0 spiro atoms. The Morgan fingerprint density at radius 1 is 1.20 bits per heavy atom. The monoisotopic (exact) mass is 433 g/mol. The Bertz CT molecular complexity index is 649. The van der Waals surface area contributed by atoms with E-state index in [1.165, 1.54) is 32.1 Å². The Balaban J connectivity index is 1.36. The van der Waals surface area contributed by atoms with Crippen molar-refractivity contribution in [1.82, 2.24) is 10.2 Å². The lowest BCUT2D eigenvalue weighted by molar-refractivity contribution is -0.131. The molecule has 6 heteroatoms. The highest BCUT2D eigenvalue weighted by Crippen LogP contribution is 2.60. The molecule has 1 heterocycles. The molecule has 1 amide bonds. The van der Waals surface area contributed by atoms with Gasteiger partial charge in [0.15, 0.2) is 0 Å². The molecule has 5 rings (SSSR count). The number of carbonyl (C=O) groups excluding carboxylic acids is 1. The van der Waals surface area contributed by atoms with Gasteiger partial charge < -0.3 is 14.8 Å². The van der Waals surface area contributed by atoms with Crippen molar-refractivity contribution in [2.75, 3.05) is 18.8 Å². The summed E-state index contributed by atoms with van der Waals surface area (Å²) in [5.41, 5.74) is -0.0144. The van der Waals surface area contributed by atoms with Gasteiger partial charge in [0.25, 0.3) is 0 Å². The van der Waals surface area contributed by atoms with Gasteiger partial charge in [0, 0.05) is 31.3 Å². The van der Waals surface area contributed by atoms with E-state index >= 15 is 0 Å². The highest BCUT2D eigenvalue weighted by atomic mass is 32.2. The van der Waals surface area contributed by atoms with E-state index in [1.54, 1.807) is 4.90 Å². The number of hydrogen-bond donors (Lipinski definition) is 1. The van der Waals surface area contributed by atoms with E-state index in [9.17, 15) is 14.6 Å². The number of hydrogen-bond acceptors (Lipinski definition) is 4. The maximum Gasteiger partial charge on any atom is 0.237 e. The van der Waals surface area contributed by atoms with Crippen LogP contribution in [0.2, 0.25) is 0 Å². The van der Waals surface area contributed by atoms with Crippen LogP contribution in [0, 0.1) is 23.2 Å². The molecule has 5 fully saturated rings. The summed E-state index contributed by atoms with van der Waals surface area (Å²) in [5, 5.41) is 13.0. The molecule has 4 saturated carbocycles. The topological polar surface area (TPSA) is 79.2 Å². The summed E-state index contributed by atoms with van der Waals surface area (Å²) in [6.07, 6.45) is 14.6. The summed E-state index contributed by atoms with van der Waals surface area (Å²) in [6.45, 7) is 3.27. The number of amides is 1. The molecule has 4 aliphatic carbocycles. The lowest BCUT2D eigenvalue weighted by atomic mass is 9.52. The van der Waals surface area contributed by atoms with Crippen molar-refractivity contribution in [2.24, 2.45) is 11.8 Å². The highest BCUT2D eigenvalue weighted by Gasteiger charge is 2.62. The molecule has 0 aromatic rings. The molecule has 1 saturated heterocycles. The summed E-state index contributed by atoms with van der Waals surface area (Å²) in [4.78, 5) is 14.6. The van der Waals surface area contributed by atoms with Crippen LogP contribution in [0.4, 0.5) is 0 Å². The summed E-state index contributed by atoms with van der Waals surface area (Å²) >= 11 is -0.758. The van der Waals surface area contributed by atoms with Crippen molar-refractivity contribution in [2.45, 2.75) is 107 Å². The van der Waals surface area contributed by atoms with Gasteiger partial charge in [-0.15, -0.1) is 0 Å². The molecule has 1 N–H and O–H groups in total. The van der Waals surface area contributed by atoms with E-state index in [-0.39, 0.29) is 22.2 Å². The van der Waals surface area contributed by atoms with Crippen molar-refractivity contribution in [3.8, 4) is 6.07 Å². The van der Waals surface area contributed by atoms with Crippen LogP contribution >= 0.6 is 0 Å². The second-order valence-electron chi connectivity index (χ2n) is 10.6. The second-order valence-corrected chi connectivity index (χ2v) is 12.6. The van der Waals surface area contributed by atoms with Crippen LogP contribution in [-0.2, 0) is 16.0 Å². The van der Waals surface area contributed by atoms with Gasteiger partial charge in [-0.3, -0.25) is 4.79 Å². The SMILES string of the molecule is CCCCCCC[S+]([O-])C12CC3CC(CC(NCC(=O)N4CCC[C@H]4C#N)(C3)C1)C2. The Hall–Kier alpha value is -0.770. The number of nitrogens with zero attached hydrogens (tertiary/aromatic N) is 2. The minimum absolute atomic E-state index is 0.0144. The average Bonchev–Trinajstić information content (AvgIpc) is 3.20. The lowest BCUT2D eigenvalue weighted by Gasteiger charge is -2.61. The summed E-state index contributed by atoms with van der Waals surface area (Å²) in [5.74, 6) is 2.25. The van der Waals surface area contributed by atoms with Crippen LogP contribution in [0.3, 0.4) is 0 Å². The fourth-order valence-corrected chi connectivity index (χ4v) is 9.45. The molecule has 0 aromatic heterocycles. The van der Waals surface area contributed by atoms with Crippen molar-refractivity contribution in [3.05, 3.63) is 0 Å². The van der Waals surface area contributed by atoms with Crippen LogP contribution in [0.5, 0.6) is 0 Å². The zero-order valence-corrected chi connectivity index (χ0v) is 19.5. The van der Waals surface area contributed by atoms with Crippen molar-refractivity contribution in [1.29, 1.82) is 5.26 Å². The molecule has 4 bridgehead atoms. The molecule has 3 unspecified atom stereocenters. The number of rotatable bonds is 10. The van der Waals surface area contributed by atoms with Crippen LogP contribution in [0.25, 0.3) is 0 Å². The zero-order chi connectivity index (χ0) is 21.2. The number of nitrogens with one attached hydrogen (secondary N) is 1. The lowest BCUT2D eigenvalue weighted by Crippen LogP contribution is -2.67. The number of unbranched alkanes of at least 4 members (excludes halogenated alkanes) is 4. The van der Waals surface area contributed by atoms with E-state index < -0.39 is 11.2 Å². The van der Waals surface area contributed by atoms with E-state index in [1.807, 2.05) is 0 Å². The first-order valence-electron chi connectivity index (χ1n) is 12.3. The van der Waals surface area contributed by atoms with Crippen LogP contribution < -0.4 is 5.32 Å². The number of likely N-dealkylation sites (tertiary alicyclic amines) is 1. The third-order valence-corrected chi connectivity index (χ3v) is 10.4. The first kappa shape index (κ1) is 22.4. The largest absolute Gasteiger partial charge is 0.616 e. The standard InChI is InChI=1S/C24H39N3O2S/c1-2-3-4-5-6-10-30(29)24-14-19-11-20(15-24)13-23(12-19,18-24)26-17-22(28)27-9-7-8-21(27)16-25/h19-21,26H,2-15,17-18H2,1H3/t19?,20?,21-,23?,24?,30?/m0/s1. The Kier molecular flexibility index (Phi) is 7.01. The number of nitriles is 1. The Morgan fingerprint density at radius 3 is 2.63 bits per heavy atom. The Morgan fingerprint density at radius 2 is 1.93 bits per heavy atom. The van der Waals surface area contributed by atoms with E-state index in [2.05, 4.69) is 18.3 Å². The van der Waals surface area contributed by atoms with Gasteiger partial charge >= 0.3 is 0 Å². The zero-order valence-electron chi connectivity index (χ0n) is 18.7. The van der Waals surface area contributed by atoms with Crippen molar-refractivity contribution >= 4 is 17.1 Å². The van der Waals surface area contributed by atoms with Gasteiger partial charge in [0.05, 0.1) is 12.6 Å². The molecule has 5 nitrogen and oxygen atoms in total. The van der Waals surface area contributed by atoms with E-state index in [4.69, 9.17) is 0 Å².